The third-order valence-electron chi connectivity index (χ3n) is 6.14. The molecule has 0 aliphatic heterocycles. The molecule has 1 aliphatic carbocycles. The second-order valence-corrected chi connectivity index (χ2v) is 8.29. The third kappa shape index (κ3) is 4.96. The molecule has 2 atom stereocenters. The Hall–Kier alpha value is -2.87. The molecule has 1 heterocycles. The van der Waals surface area contributed by atoms with Crippen LogP contribution in [-0.4, -0.2) is 39.4 Å². The Morgan fingerprint density at radius 2 is 1.97 bits per heavy atom. The van der Waals surface area contributed by atoms with Gasteiger partial charge in [-0.15, -0.1) is 0 Å². The van der Waals surface area contributed by atoms with Gasteiger partial charge in [-0.25, -0.2) is 4.98 Å². The lowest BCUT2D eigenvalue weighted by Gasteiger charge is -2.37. The van der Waals surface area contributed by atoms with E-state index in [1.807, 2.05) is 25.1 Å². The minimum atomic E-state index is -4.45. The van der Waals surface area contributed by atoms with Crippen LogP contribution in [0.2, 0.25) is 0 Å². The fraction of sp³-hybridized carbons (Fsp3) is 0.417. The Balaban J connectivity index is 1.46. The molecule has 0 unspecified atom stereocenters. The molecule has 0 radical (unpaired) electrons. The summed E-state index contributed by atoms with van der Waals surface area (Å²) in [5, 5.41) is 3.60. The number of hydrogen-bond acceptors (Lipinski definition) is 3. The number of nitrogens with zero attached hydrogens (tertiary/aromatic N) is 2. The second kappa shape index (κ2) is 9.32. The van der Waals surface area contributed by atoms with Gasteiger partial charge in [-0.3, -0.25) is 4.79 Å². The van der Waals surface area contributed by atoms with E-state index < -0.39 is 11.7 Å². The first kappa shape index (κ1) is 22.3. The first-order chi connectivity index (χ1) is 15.3. The number of fused-ring (bicyclic) bond motifs is 1. The number of aromatic nitrogens is 2. The van der Waals surface area contributed by atoms with Crippen molar-refractivity contribution in [1.29, 1.82) is 0 Å². The maximum Gasteiger partial charge on any atom is 0.416 e. The van der Waals surface area contributed by atoms with Crippen molar-refractivity contribution in [2.75, 3.05) is 6.54 Å². The topological polar surface area (TPSA) is 61.0 Å². The number of carbonyl (C=O) groups is 1. The number of amides is 1. The molecule has 5 nitrogen and oxygen atoms in total. The first-order valence-electron chi connectivity index (χ1n) is 11.0. The van der Waals surface area contributed by atoms with Crippen LogP contribution < -0.4 is 5.32 Å². The SMILES string of the molecule is CCN(C(=O)c1nc2cc(C(F)(F)F)ccc2[nH]1)[C@H]1CCC[C@@H](NCc2ccccc2)C1. The van der Waals surface area contributed by atoms with Crippen molar-refractivity contribution in [1.82, 2.24) is 20.2 Å². The van der Waals surface area contributed by atoms with E-state index in [4.69, 9.17) is 0 Å². The Labute approximate surface area is 185 Å². The van der Waals surface area contributed by atoms with E-state index in [9.17, 15) is 18.0 Å². The van der Waals surface area contributed by atoms with Crippen molar-refractivity contribution >= 4 is 16.9 Å². The summed E-state index contributed by atoms with van der Waals surface area (Å²) in [6, 6.07) is 13.9. The molecule has 1 amide bonds. The van der Waals surface area contributed by atoms with Gasteiger partial charge in [-0.2, -0.15) is 13.2 Å². The van der Waals surface area contributed by atoms with E-state index in [0.717, 1.165) is 44.4 Å². The molecule has 2 N–H and O–H groups in total. The van der Waals surface area contributed by atoms with Gasteiger partial charge in [-0.05, 0) is 56.4 Å². The van der Waals surface area contributed by atoms with Crippen LogP contribution in [0, 0.1) is 0 Å². The van der Waals surface area contributed by atoms with E-state index in [1.54, 1.807) is 4.90 Å². The van der Waals surface area contributed by atoms with Crippen LogP contribution in [0.25, 0.3) is 11.0 Å². The molecule has 0 bridgehead atoms. The zero-order valence-corrected chi connectivity index (χ0v) is 18.0. The van der Waals surface area contributed by atoms with E-state index in [1.165, 1.54) is 11.6 Å². The summed E-state index contributed by atoms with van der Waals surface area (Å²) in [4.78, 5) is 22.1. The van der Waals surface area contributed by atoms with Gasteiger partial charge in [0.25, 0.3) is 5.91 Å². The highest BCUT2D eigenvalue weighted by molar-refractivity contribution is 5.94. The number of carbonyl (C=O) groups excluding carboxylic acids is 1. The summed E-state index contributed by atoms with van der Waals surface area (Å²) in [5.74, 6) is -0.188. The molecule has 1 aliphatic rings. The lowest BCUT2D eigenvalue weighted by Crippen LogP contribution is -2.47. The number of benzene rings is 2. The highest BCUT2D eigenvalue weighted by Crippen LogP contribution is 2.31. The standard InChI is InChI=1S/C24H27F3N4O/c1-2-31(19-10-6-9-18(14-19)28-15-16-7-4-3-5-8-16)23(32)22-29-20-12-11-17(24(25,26)27)13-21(20)30-22/h3-5,7-8,11-13,18-19,28H,2,6,9-10,14-15H2,1H3,(H,29,30)/t18-,19+/m1/s1. The molecule has 8 heteroatoms. The highest BCUT2D eigenvalue weighted by atomic mass is 19.4. The van der Waals surface area contributed by atoms with E-state index in [0.29, 0.717) is 18.1 Å². The van der Waals surface area contributed by atoms with E-state index in [2.05, 4.69) is 27.4 Å². The van der Waals surface area contributed by atoms with Gasteiger partial charge >= 0.3 is 6.18 Å². The Kier molecular flexibility index (Phi) is 6.50. The molecule has 2 aromatic carbocycles. The van der Waals surface area contributed by atoms with Gasteiger partial charge in [0, 0.05) is 25.2 Å². The van der Waals surface area contributed by atoms with Crippen LogP contribution in [0.4, 0.5) is 13.2 Å². The van der Waals surface area contributed by atoms with Crippen molar-refractivity contribution in [3.05, 3.63) is 65.5 Å². The molecule has 1 aromatic heterocycles. The number of halogens is 3. The molecule has 170 valence electrons. The quantitative estimate of drug-likeness (QED) is 0.553. The van der Waals surface area contributed by atoms with Crippen LogP contribution in [-0.2, 0) is 12.7 Å². The predicted octanol–water partition coefficient (Wildman–Crippen LogP) is 5.14. The summed E-state index contributed by atoms with van der Waals surface area (Å²) in [6.07, 6.45) is -0.640. The third-order valence-corrected chi connectivity index (χ3v) is 6.14. The van der Waals surface area contributed by atoms with Gasteiger partial charge < -0.3 is 15.2 Å². The fourth-order valence-corrected chi connectivity index (χ4v) is 4.48. The van der Waals surface area contributed by atoms with Crippen molar-refractivity contribution in [2.45, 2.75) is 57.4 Å². The van der Waals surface area contributed by atoms with Crippen LogP contribution in [0.15, 0.2) is 48.5 Å². The second-order valence-electron chi connectivity index (χ2n) is 8.29. The predicted molar refractivity (Wildman–Crippen MR) is 117 cm³/mol. The molecule has 1 saturated carbocycles. The minimum absolute atomic E-state index is 0.0634. The Bertz CT molecular complexity index is 1060. The van der Waals surface area contributed by atoms with E-state index >= 15 is 0 Å². The van der Waals surface area contributed by atoms with Crippen molar-refractivity contribution in [2.24, 2.45) is 0 Å². The molecule has 3 aromatic rings. The number of hydrogen-bond donors (Lipinski definition) is 2. The largest absolute Gasteiger partial charge is 0.416 e. The summed E-state index contributed by atoms with van der Waals surface area (Å²) >= 11 is 0. The number of alkyl halides is 3. The Morgan fingerprint density at radius 3 is 2.69 bits per heavy atom. The van der Waals surface area contributed by atoms with Gasteiger partial charge in [-0.1, -0.05) is 30.3 Å². The molecule has 0 spiro atoms. The normalized spacial score (nSPS) is 19.2. The van der Waals surface area contributed by atoms with Crippen LogP contribution in [0.3, 0.4) is 0 Å². The highest BCUT2D eigenvalue weighted by Gasteiger charge is 2.32. The minimum Gasteiger partial charge on any atom is -0.334 e. The molecular formula is C24H27F3N4O. The smallest absolute Gasteiger partial charge is 0.334 e. The molecule has 4 rings (SSSR count). The summed E-state index contributed by atoms with van der Waals surface area (Å²) < 4.78 is 39.0. The molecule has 32 heavy (non-hydrogen) atoms. The van der Waals surface area contributed by atoms with Crippen molar-refractivity contribution in [3.8, 4) is 0 Å². The van der Waals surface area contributed by atoms with Gasteiger partial charge in [0.15, 0.2) is 5.82 Å². The summed E-state index contributed by atoms with van der Waals surface area (Å²) in [6.45, 7) is 3.21. The van der Waals surface area contributed by atoms with Gasteiger partial charge in [0.2, 0.25) is 0 Å². The number of rotatable bonds is 6. The first-order valence-corrected chi connectivity index (χ1v) is 11.0. The average Bonchev–Trinajstić information content (AvgIpc) is 3.22. The molecular weight excluding hydrogens is 417 g/mol. The monoisotopic (exact) mass is 444 g/mol. The van der Waals surface area contributed by atoms with Crippen molar-refractivity contribution in [3.63, 3.8) is 0 Å². The Morgan fingerprint density at radius 1 is 1.19 bits per heavy atom. The maximum atomic E-state index is 13.2. The molecule has 0 saturated heterocycles. The van der Waals surface area contributed by atoms with Crippen LogP contribution in [0.5, 0.6) is 0 Å². The molecule has 1 fully saturated rings. The summed E-state index contributed by atoms with van der Waals surface area (Å²) in [7, 11) is 0. The number of H-pyrrole nitrogens is 1. The lowest BCUT2D eigenvalue weighted by molar-refractivity contribution is -0.137. The maximum absolute atomic E-state index is 13.2. The average molecular weight is 445 g/mol. The van der Waals surface area contributed by atoms with Crippen molar-refractivity contribution < 1.29 is 18.0 Å². The van der Waals surface area contributed by atoms with Crippen LogP contribution >= 0.6 is 0 Å². The number of imidazole rings is 1. The zero-order chi connectivity index (χ0) is 22.7. The lowest BCUT2D eigenvalue weighted by atomic mass is 9.89. The van der Waals surface area contributed by atoms with Crippen LogP contribution in [0.1, 0.15) is 54.4 Å². The van der Waals surface area contributed by atoms with Gasteiger partial charge in [0.1, 0.15) is 0 Å². The summed E-state index contributed by atoms with van der Waals surface area (Å²) in [5.41, 5.74) is 1.01. The zero-order valence-electron chi connectivity index (χ0n) is 18.0. The van der Waals surface area contributed by atoms with E-state index in [-0.39, 0.29) is 23.3 Å². The fourth-order valence-electron chi connectivity index (χ4n) is 4.48. The van der Waals surface area contributed by atoms with Gasteiger partial charge in [0.05, 0.1) is 16.6 Å². The number of nitrogens with one attached hydrogen (secondary N) is 2. The number of aromatic amines is 1.